The minimum atomic E-state index is -4.68. The van der Waals surface area contributed by atoms with Gasteiger partial charge in [-0.3, -0.25) is 0 Å². The Morgan fingerprint density at radius 3 is 2.20 bits per heavy atom. The average molecular weight is 164 g/mol. The van der Waals surface area contributed by atoms with Gasteiger partial charge in [-0.05, 0) is 6.08 Å². The van der Waals surface area contributed by atoms with E-state index in [2.05, 4.69) is 11.1 Å². The molecule has 1 atom stereocenters. The quantitative estimate of drug-likeness (QED) is 0.348. The van der Waals surface area contributed by atoms with E-state index in [9.17, 15) is 8.96 Å². The first kappa shape index (κ1) is 13.0. The second kappa shape index (κ2) is 5.08. The number of hydrogen-bond donors (Lipinski definition) is 2. The van der Waals surface area contributed by atoms with Gasteiger partial charge in [-0.25, -0.2) is 13.5 Å². The van der Waals surface area contributed by atoms with Crippen LogP contribution in [0.25, 0.3) is 0 Å². The molecule has 0 amide bonds. The topological polar surface area (TPSA) is 66.8 Å². The van der Waals surface area contributed by atoms with Crippen LogP contribution in [0.4, 0.5) is 4.39 Å². The summed E-state index contributed by atoms with van der Waals surface area (Å²) in [5.41, 5.74) is 0. The van der Waals surface area contributed by atoms with E-state index in [1.165, 1.54) is 0 Å². The predicted molar refractivity (Wildman–Crippen MR) is 35.4 cm³/mol. The molecule has 0 aromatic heterocycles. The molecule has 0 bridgehead atoms. The molecule has 0 radical (unpaired) electrons. The number of phosphoric ester groups is 1. The second-order valence-electron chi connectivity index (χ2n) is 1.18. The van der Waals surface area contributed by atoms with Gasteiger partial charge in [0.1, 0.15) is 0 Å². The van der Waals surface area contributed by atoms with Gasteiger partial charge in [-0.1, -0.05) is 6.58 Å². The molecule has 1 unspecified atom stereocenters. The van der Waals surface area contributed by atoms with Gasteiger partial charge < -0.3 is 9.79 Å². The Hall–Kier alpha value is 0.377. The first-order valence-corrected chi connectivity index (χ1v) is 3.49. The van der Waals surface area contributed by atoms with Crippen LogP contribution in [0.15, 0.2) is 12.7 Å². The van der Waals surface area contributed by atoms with E-state index in [1.807, 2.05) is 0 Å². The third-order valence-electron chi connectivity index (χ3n) is 0.423. The van der Waals surface area contributed by atoms with Gasteiger partial charge in [0.2, 0.25) is 6.36 Å². The molecule has 0 saturated heterocycles. The normalized spacial score (nSPS) is 13.5. The van der Waals surface area contributed by atoms with Crippen LogP contribution in [-0.2, 0) is 9.09 Å². The fourth-order valence-electron chi connectivity index (χ4n) is 0.174. The Kier molecular flexibility index (Phi) is 6.61. The van der Waals surface area contributed by atoms with Crippen molar-refractivity contribution in [2.24, 2.45) is 0 Å². The molecule has 0 heterocycles. The van der Waals surface area contributed by atoms with Crippen molar-refractivity contribution in [2.75, 3.05) is 0 Å². The Morgan fingerprint density at radius 1 is 1.70 bits per heavy atom. The maximum absolute atomic E-state index is 11.8. The van der Waals surface area contributed by atoms with E-state index in [0.717, 1.165) is 0 Å². The molecule has 0 fully saturated rings. The first-order chi connectivity index (χ1) is 3.95. The van der Waals surface area contributed by atoms with E-state index < -0.39 is 14.2 Å². The Labute approximate surface area is 69.5 Å². The summed E-state index contributed by atoms with van der Waals surface area (Å²) >= 11 is 0. The molecule has 0 rings (SSSR count). The van der Waals surface area contributed by atoms with Crippen molar-refractivity contribution >= 4 is 26.7 Å². The summed E-state index contributed by atoms with van der Waals surface area (Å²) in [7, 11) is -4.68. The van der Waals surface area contributed by atoms with Crippen molar-refractivity contribution in [1.82, 2.24) is 0 Å². The summed E-state index contributed by atoms with van der Waals surface area (Å²) in [6, 6.07) is 0. The van der Waals surface area contributed by atoms with Crippen LogP contribution in [0, 0.1) is 0 Å². The molecule has 56 valence electrons. The Balaban J connectivity index is 0. The van der Waals surface area contributed by atoms with Crippen LogP contribution in [0.5, 0.6) is 0 Å². The molecule has 0 aromatic rings. The number of alkyl halides is 1. The molecule has 0 spiro atoms. The molecule has 2 N–H and O–H groups in total. The number of phosphoric acid groups is 1. The van der Waals surface area contributed by atoms with Crippen LogP contribution in [0.3, 0.4) is 0 Å². The minimum absolute atomic E-state index is 0. The summed E-state index contributed by atoms with van der Waals surface area (Å²) in [4.78, 5) is 15.8. The van der Waals surface area contributed by atoms with Gasteiger partial charge in [-0.15, -0.1) is 0 Å². The van der Waals surface area contributed by atoms with Crippen molar-refractivity contribution < 1.29 is 23.3 Å². The maximum atomic E-state index is 11.8. The van der Waals surface area contributed by atoms with Crippen LogP contribution >= 0.6 is 7.82 Å². The van der Waals surface area contributed by atoms with Gasteiger partial charge in [0, 0.05) is 0 Å². The van der Waals surface area contributed by atoms with Crippen molar-refractivity contribution in [3.8, 4) is 0 Å². The molecular formula is C3H7FLiO4P. The zero-order valence-electron chi connectivity index (χ0n) is 4.40. The van der Waals surface area contributed by atoms with Gasteiger partial charge in [0.15, 0.2) is 0 Å². The SMILES string of the molecule is C=CC(F)OP(=O)(O)O.[LiH]. The van der Waals surface area contributed by atoms with Crippen LogP contribution in [-0.4, -0.2) is 35.0 Å². The van der Waals surface area contributed by atoms with Crippen LogP contribution in [0.1, 0.15) is 0 Å². The fraction of sp³-hybridized carbons (Fsp3) is 0.333. The Bertz CT molecular complexity index is 145. The van der Waals surface area contributed by atoms with Crippen molar-refractivity contribution in [2.45, 2.75) is 6.36 Å². The van der Waals surface area contributed by atoms with Gasteiger partial charge in [-0.2, -0.15) is 0 Å². The molecule has 0 aliphatic carbocycles. The molecule has 0 aromatic carbocycles. The van der Waals surface area contributed by atoms with Gasteiger partial charge in [0.25, 0.3) is 0 Å². The summed E-state index contributed by atoms with van der Waals surface area (Å²) in [6.45, 7) is 2.90. The van der Waals surface area contributed by atoms with E-state index >= 15 is 0 Å². The zero-order valence-corrected chi connectivity index (χ0v) is 5.29. The summed E-state index contributed by atoms with van der Waals surface area (Å²) in [5, 5.41) is 0. The van der Waals surface area contributed by atoms with Crippen molar-refractivity contribution in [1.29, 1.82) is 0 Å². The number of hydrogen-bond acceptors (Lipinski definition) is 2. The molecule has 10 heavy (non-hydrogen) atoms. The van der Waals surface area contributed by atoms with Gasteiger partial charge in [0.05, 0.1) is 0 Å². The molecule has 7 heteroatoms. The fourth-order valence-corrected chi connectivity index (χ4v) is 0.523. The molecule has 4 nitrogen and oxygen atoms in total. The standard InChI is InChI=1S/C3H6FO4P.Li.H/c1-2-3(4)8-9(5,6)7;;/h2-3H,1H2,(H2,5,6,7);;. The van der Waals surface area contributed by atoms with Crippen LogP contribution < -0.4 is 0 Å². The predicted octanol–water partition coefficient (Wildman–Crippen LogP) is -0.0712. The monoisotopic (exact) mass is 164 g/mol. The third-order valence-corrected chi connectivity index (χ3v) is 0.899. The summed E-state index contributed by atoms with van der Waals surface area (Å²) < 4.78 is 25.0. The molecule has 0 aliphatic heterocycles. The number of rotatable bonds is 3. The number of halogens is 1. The zero-order chi connectivity index (χ0) is 7.49. The van der Waals surface area contributed by atoms with E-state index in [4.69, 9.17) is 9.79 Å². The molecular weight excluding hydrogens is 157 g/mol. The van der Waals surface area contributed by atoms with E-state index in [0.29, 0.717) is 6.08 Å². The van der Waals surface area contributed by atoms with Crippen molar-refractivity contribution in [3.05, 3.63) is 12.7 Å². The van der Waals surface area contributed by atoms with Gasteiger partial charge >= 0.3 is 26.7 Å². The van der Waals surface area contributed by atoms with E-state index in [-0.39, 0.29) is 18.9 Å². The third kappa shape index (κ3) is 8.38. The first-order valence-electron chi connectivity index (χ1n) is 1.96. The van der Waals surface area contributed by atoms with Crippen molar-refractivity contribution in [3.63, 3.8) is 0 Å². The second-order valence-corrected chi connectivity index (χ2v) is 2.37. The summed E-state index contributed by atoms with van der Waals surface area (Å²) in [6.07, 6.45) is -1.47. The average Bonchev–Trinajstić information content (AvgIpc) is 1.62. The Morgan fingerprint density at radius 2 is 2.10 bits per heavy atom. The molecule has 0 saturated carbocycles. The van der Waals surface area contributed by atoms with Crippen LogP contribution in [0.2, 0.25) is 0 Å². The molecule has 0 aliphatic rings. The summed E-state index contributed by atoms with van der Waals surface area (Å²) in [5.74, 6) is 0. The van der Waals surface area contributed by atoms with E-state index in [1.54, 1.807) is 0 Å².